The molecule has 1 aliphatic rings. The second kappa shape index (κ2) is 5.24. The Bertz CT molecular complexity index is 694. The van der Waals surface area contributed by atoms with E-state index in [4.69, 9.17) is 4.74 Å². The molecule has 3 rings (SSSR count). The Morgan fingerprint density at radius 1 is 1.19 bits per heavy atom. The molecule has 0 bridgehead atoms. The van der Waals surface area contributed by atoms with Gasteiger partial charge in [0.15, 0.2) is 6.23 Å². The highest BCUT2D eigenvalue weighted by molar-refractivity contribution is 5.76. The van der Waals surface area contributed by atoms with Gasteiger partial charge < -0.3 is 9.64 Å². The number of ether oxygens (including phenoxy) is 1. The smallest absolute Gasteiger partial charge is 0.295 e. The SMILES string of the molecule is Cc1cc(C)c2c(c1)N(C(C)OC=O)c1ccccc1C2. The second-order valence-corrected chi connectivity index (χ2v) is 5.59. The van der Waals surface area contributed by atoms with Gasteiger partial charge in [-0.05, 0) is 55.2 Å². The summed E-state index contributed by atoms with van der Waals surface area (Å²) in [5.74, 6) is 0. The van der Waals surface area contributed by atoms with Crippen molar-refractivity contribution in [1.29, 1.82) is 0 Å². The monoisotopic (exact) mass is 281 g/mol. The molecule has 0 saturated heterocycles. The first-order chi connectivity index (χ1) is 10.1. The lowest BCUT2D eigenvalue weighted by Gasteiger charge is -2.37. The quantitative estimate of drug-likeness (QED) is 0.800. The molecule has 3 nitrogen and oxygen atoms in total. The van der Waals surface area contributed by atoms with Crippen molar-refractivity contribution in [3.8, 4) is 0 Å². The number of fused-ring (bicyclic) bond motifs is 2. The van der Waals surface area contributed by atoms with Crippen LogP contribution >= 0.6 is 0 Å². The molecule has 1 unspecified atom stereocenters. The Morgan fingerprint density at radius 2 is 1.95 bits per heavy atom. The number of para-hydroxylation sites is 1. The summed E-state index contributed by atoms with van der Waals surface area (Å²) in [7, 11) is 0. The lowest BCUT2D eigenvalue weighted by Crippen LogP contribution is -2.34. The van der Waals surface area contributed by atoms with Gasteiger partial charge in [-0.15, -0.1) is 0 Å². The van der Waals surface area contributed by atoms with Gasteiger partial charge in [-0.2, -0.15) is 0 Å². The van der Waals surface area contributed by atoms with Gasteiger partial charge >= 0.3 is 0 Å². The first-order valence-corrected chi connectivity index (χ1v) is 7.18. The van der Waals surface area contributed by atoms with Crippen LogP contribution in [-0.4, -0.2) is 12.7 Å². The molecule has 0 N–H and O–H groups in total. The van der Waals surface area contributed by atoms with Gasteiger partial charge in [0.2, 0.25) is 0 Å². The molecule has 0 spiro atoms. The summed E-state index contributed by atoms with van der Waals surface area (Å²) in [5.41, 5.74) is 7.32. The zero-order chi connectivity index (χ0) is 15.0. The number of rotatable bonds is 3. The summed E-state index contributed by atoms with van der Waals surface area (Å²) in [6.07, 6.45) is 0.589. The Labute approximate surface area is 125 Å². The fraction of sp³-hybridized carbons (Fsp3) is 0.278. The molecule has 21 heavy (non-hydrogen) atoms. The van der Waals surface area contributed by atoms with Crippen molar-refractivity contribution >= 4 is 17.8 Å². The summed E-state index contributed by atoms with van der Waals surface area (Å²) >= 11 is 0. The Morgan fingerprint density at radius 3 is 2.71 bits per heavy atom. The lowest BCUT2D eigenvalue weighted by molar-refractivity contribution is -0.132. The van der Waals surface area contributed by atoms with Crippen molar-refractivity contribution in [3.63, 3.8) is 0 Å². The third-order valence-corrected chi connectivity index (χ3v) is 4.09. The van der Waals surface area contributed by atoms with E-state index in [-0.39, 0.29) is 6.23 Å². The largest absolute Gasteiger partial charge is 0.444 e. The highest BCUT2D eigenvalue weighted by Crippen LogP contribution is 2.41. The minimum absolute atomic E-state index is 0.330. The number of hydrogen-bond donors (Lipinski definition) is 0. The third-order valence-electron chi connectivity index (χ3n) is 4.09. The number of carbonyl (C=O) groups excluding carboxylic acids is 1. The number of hydrogen-bond acceptors (Lipinski definition) is 3. The number of anilines is 2. The molecule has 1 aliphatic heterocycles. The first kappa shape index (κ1) is 13.7. The molecule has 1 atom stereocenters. The zero-order valence-electron chi connectivity index (χ0n) is 12.6. The summed E-state index contributed by atoms with van der Waals surface area (Å²) in [6.45, 7) is 6.66. The van der Waals surface area contributed by atoms with E-state index < -0.39 is 0 Å². The third kappa shape index (κ3) is 2.29. The van der Waals surface area contributed by atoms with Crippen LogP contribution in [0.2, 0.25) is 0 Å². The van der Waals surface area contributed by atoms with Crippen LogP contribution < -0.4 is 4.90 Å². The average molecular weight is 281 g/mol. The van der Waals surface area contributed by atoms with Gasteiger partial charge in [0, 0.05) is 17.8 Å². The molecule has 108 valence electrons. The van der Waals surface area contributed by atoms with Gasteiger partial charge in [-0.1, -0.05) is 24.3 Å². The van der Waals surface area contributed by atoms with E-state index >= 15 is 0 Å². The fourth-order valence-electron chi connectivity index (χ4n) is 3.17. The number of aryl methyl sites for hydroxylation is 2. The normalized spacial score (nSPS) is 14.1. The van der Waals surface area contributed by atoms with Crippen molar-refractivity contribution in [1.82, 2.24) is 0 Å². The summed E-state index contributed by atoms with van der Waals surface area (Å²) in [6, 6.07) is 12.7. The summed E-state index contributed by atoms with van der Waals surface area (Å²) < 4.78 is 5.22. The van der Waals surface area contributed by atoms with E-state index in [1.54, 1.807) is 0 Å². The maximum atomic E-state index is 10.8. The highest BCUT2D eigenvalue weighted by Gasteiger charge is 2.28. The van der Waals surface area contributed by atoms with E-state index in [0.29, 0.717) is 6.47 Å². The van der Waals surface area contributed by atoms with E-state index in [2.05, 4.69) is 49.1 Å². The summed E-state index contributed by atoms with van der Waals surface area (Å²) in [4.78, 5) is 12.9. The van der Waals surface area contributed by atoms with Crippen LogP contribution in [-0.2, 0) is 16.0 Å². The molecule has 2 aromatic carbocycles. The van der Waals surface area contributed by atoms with E-state index in [9.17, 15) is 4.79 Å². The van der Waals surface area contributed by atoms with Gasteiger partial charge in [-0.3, -0.25) is 4.79 Å². The fourth-order valence-corrected chi connectivity index (χ4v) is 3.17. The van der Waals surface area contributed by atoms with Crippen LogP contribution in [0.25, 0.3) is 0 Å². The molecular weight excluding hydrogens is 262 g/mol. The highest BCUT2D eigenvalue weighted by atomic mass is 16.5. The Balaban J connectivity index is 2.20. The van der Waals surface area contributed by atoms with Crippen LogP contribution in [0.5, 0.6) is 0 Å². The summed E-state index contributed by atoms with van der Waals surface area (Å²) in [5, 5.41) is 0. The van der Waals surface area contributed by atoms with Crippen molar-refractivity contribution < 1.29 is 9.53 Å². The second-order valence-electron chi connectivity index (χ2n) is 5.59. The van der Waals surface area contributed by atoms with E-state index in [1.807, 2.05) is 13.0 Å². The molecule has 0 amide bonds. The molecule has 0 fully saturated rings. The number of benzene rings is 2. The van der Waals surface area contributed by atoms with Crippen LogP contribution in [0.1, 0.15) is 29.2 Å². The minimum Gasteiger partial charge on any atom is -0.444 e. The van der Waals surface area contributed by atoms with Gasteiger partial charge in [-0.25, -0.2) is 0 Å². The van der Waals surface area contributed by atoms with Gasteiger partial charge in [0.1, 0.15) is 0 Å². The molecular formula is C18H19NO2. The van der Waals surface area contributed by atoms with Crippen LogP contribution in [0.3, 0.4) is 0 Å². The molecule has 2 aromatic rings. The molecule has 0 aliphatic carbocycles. The maximum absolute atomic E-state index is 10.8. The molecule has 3 heteroatoms. The molecule has 0 saturated carbocycles. The van der Waals surface area contributed by atoms with Crippen LogP contribution in [0.15, 0.2) is 36.4 Å². The minimum atomic E-state index is -0.330. The van der Waals surface area contributed by atoms with Gasteiger partial charge in [0.25, 0.3) is 6.47 Å². The lowest BCUT2D eigenvalue weighted by atomic mass is 9.91. The van der Waals surface area contributed by atoms with Crippen molar-refractivity contribution in [3.05, 3.63) is 58.7 Å². The molecule has 1 heterocycles. The average Bonchev–Trinajstić information content (AvgIpc) is 2.45. The predicted octanol–water partition coefficient (Wildman–Crippen LogP) is 3.86. The zero-order valence-corrected chi connectivity index (χ0v) is 12.6. The van der Waals surface area contributed by atoms with E-state index in [1.165, 1.54) is 22.3 Å². The Kier molecular flexibility index (Phi) is 3.42. The van der Waals surface area contributed by atoms with Gasteiger partial charge in [0.05, 0.1) is 0 Å². The maximum Gasteiger partial charge on any atom is 0.295 e. The standard InChI is InChI=1S/C18H19NO2/c1-12-8-13(2)16-10-15-6-4-5-7-17(15)19(18(16)9-12)14(3)21-11-20/h4-9,11,14H,10H2,1-3H3. The van der Waals surface area contributed by atoms with Crippen molar-refractivity contribution in [2.45, 2.75) is 33.4 Å². The molecule has 0 aromatic heterocycles. The Hall–Kier alpha value is -2.29. The number of nitrogens with zero attached hydrogens (tertiary/aromatic N) is 1. The van der Waals surface area contributed by atoms with Crippen LogP contribution in [0.4, 0.5) is 11.4 Å². The van der Waals surface area contributed by atoms with Crippen molar-refractivity contribution in [2.24, 2.45) is 0 Å². The van der Waals surface area contributed by atoms with E-state index in [0.717, 1.165) is 17.8 Å². The topological polar surface area (TPSA) is 29.5 Å². The molecule has 0 radical (unpaired) electrons. The van der Waals surface area contributed by atoms with Crippen LogP contribution in [0, 0.1) is 13.8 Å². The number of carbonyl (C=O) groups is 1. The predicted molar refractivity (Wildman–Crippen MR) is 83.9 cm³/mol. The van der Waals surface area contributed by atoms with Crippen molar-refractivity contribution in [2.75, 3.05) is 4.90 Å². The first-order valence-electron chi connectivity index (χ1n) is 7.18.